The van der Waals surface area contributed by atoms with Crippen molar-refractivity contribution in [3.8, 4) is 5.75 Å². The number of carbonyl (C=O) groups is 1. The van der Waals surface area contributed by atoms with Crippen LogP contribution in [0.1, 0.15) is 84.3 Å². The van der Waals surface area contributed by atoms with Crippen molar-refractivity contribution >= 4 is 43.7 Å². The Bertz CT molecular complexity index is 431. The summed E-state index contributed by atoms with van der Waals surface area (Å²) in [6.45, 7) is 2.68. The van der Waals surface area contributed by atoms with Gasteiger partial charge in [-0.05, 0) is 18.6 Å². The zero-order valence-corrected chi connectivity index (χ0v) is 16.8. The molecule has 4 heteroatoms. The van der Waals surface area contributed by atoms with Crippen LogP contribution in [-0.2, 0) is 4.74 Å². The van der Waals surface area contributed by atoms with Crippen molar-refractivity contribution in [3.63, 3.8) is 0 Å². The van der Waals surface area contributed by atoms with Gasteiger partial charge in [-0.1, -0.05) is 76.8 Å². The molecule has 0 atom stereocenters. The molecular formula is C19H32CaO3. The monoisotopic (exact) mass is 348 g/mol. The number of phenolic OH excluding ortho intramolecular Hbond substituents is 1. The molecule has 1 N–H and O–H groups in total. The van der Waals surface area contributed by atoms with E-state index in [0.29, 0.717) is 6.61 Å². The Morgan fingerprint density at radius 2 is 1.48 bits per heavy atom. The van der Waals surface area contributed by atoms with E-state index in [0.717, 1.165) is 12.8 Å². The number of esters is 1. The quantitative estimate of drug-likeness (QED) is 0.316. The van der Waals surface area contributed by atoms with Gasteiger partial charge in [0.1, 0.15) is 11.3 Å². The van der Waals surface area contributed by atoms with Gasteiger partial charge in [-0.15, -0.1) is 0 Å². The predicted molar refractivity (Wildman–Crippen MR) is 98.2 cm³/mol. The third-order valence-electron chi connectivity index (χ3n) is 3.86. The fraction of sp³-hybridized carbons (Fsp3) is 0.632. The minimum Gasteiger partial charge on any atom is -1.00 e. The third-order valence-corrected chi connectivity index (χ3v) is 3.86. The molecule has 1 rings (SSSR count). The second kappa shape index (κ2) is 15.3. The molecule has 0 fully saturated rings. The standard InChI is InChI=1S/C19H30O3.Ca.2H/c1-2-3-4-5-6-7-8-9-10-13-16-22-19(21)17-14-11-12-15-18(17)20;;;/h11-12,14-15,20H,2-10,13,16H2,1H3;;;/q;+2;2*-1. The SMILES string of the molecule is CCCCCCCCCCCCOC(=O)c1ccccc1O.[Ca+2].[H-].[H-]. The smallest absolute Gasteiger partial charge is 1.00 e. The Morgan fingerprint density at radius 1 is 0.957 bits per heavy atom. The van der Waals surface area contributed by atoms with Crippen LogP contribution in [0.5, 0.6) is 5.75 Å². The Kier molecular flexibility index (Phi) is 15.1. The summed E-state index contributed by atoms with van der Waals surface area (Å²) in [5.41, 5.74) is 0.245. The molecule has 0 heterocycles. The molecule has 0 spiro atoms. The molecule has 0 radical (unpaired) electrons. The number of para-hydroxylation sites is 1. The van der Waals surface area contributed by atoms with E-state index >= 15 is 0 Å². The minimum absolute atomic E-state index is 0. The number of benzene rings is 1. The van der Waals surface area contributed by atoms with E-state index in [2.05, 4.69) is 6.92 Å². The van der Waals surface area contributed by atoms with Crippen LogP contribution >= 0.6 is 0 Å². The first kappa shape index (κ1) is 22.7. The third kappa shape index (κ3) is 11.0. The molecule has 0 aliphatic heterocycles. The summed E-state index contributed by atoms with van der Waals surface area (Å²) < 4.78 is 5.18. The van der Waals surface area contributed by atoms with Crippen LogP contribution in [0.2, 0.25) is 0 Å². The van der Waals surface area contributed by atoms with Crippen LogP contribution in [-0.4, -0.2) is 55.4 Å². The average molecular weight is 349 g/mol. The zero-order valence-electron chi connectivity index (χ0n) is 16.6. The summed E-state index contributed by atoms with van der Waals surface area (Å²) >= 11 is 0. The number of hydrogen-bond acceptors (Lipinski definition) is 3. The Balaban J connectivity index is -0.00000161. The number of phenols is 1. The molecule has 0 aliphatic carbocycles. The molecule has 0 aliphatic rings. The molecule has 1 aromatic carbocycles. The molecular weight excluding hydrogens is 316 g/mol. The Hall–Kier alpha value is -0.250. The fourth-order valence-corrected chi connectivity index (χ4v) is 2.48. The maximum atomic E-state index is 11.7. The fourth-order valence-electron chi connectivity index (χ4n) is 2.48. The summed E-state index contributed by atoms with van der Waals surface area (Å²) in [7, 11) is 0. The Morgan fingerprint density at radius 3 is 2.04 bits per heavy atom. The molecule has 0 saturated heterocycles. The van der Waals surface area contributed by atoms with Gasteiger partial charge in [0, 0.05) is 0 Å². The number of aromatic hydroxyl groups is 1. The van der Waals surface area contributed by atoms with Crippen molar-refractivity contribution in [1.29, 1.82) is 0 Å². The number of unbranched alkanes of at least 4 members (excludes halogenated alkanes) is 9. The van der Waals surface area contributed by atoms with E-state index in [-0.39, 0.29) is 51.9 Å². The van der Waals surface area contributed by atoms with E-state index in [4.69, 9.17) is 4.74 Å². The van der Waals surface area contributed by atoms with Crippen molar-refractivity contribution < 1.29 is 17.5 Å². The second-order valence-electron chi connectivity index (χ2n) is 5.84. The summed E-state index contributed by atoms with van der Waals surface area (Å²) in [5, 5.41) is 9.56. The Labute approximate surface area is 173 Å². The van der Waals surface area contributed by atoms with Gasteiger partial charge in [0.2, 0.25) is 0 Å². The first-order valence-corrected chi connectivity index (χ1v) is 8.70. The maximum Gasteiger partial charge on any atom is 2.00 e. The van der Waals surface area contributed by atoms with E-state index in [1.54, 1.807) is 18.2 Å². The van der Waals surface area contributed by atoms with Gasteiger partial charge in [0.05, 0.1) is 6.61 Å². The summed E-state index contributed by atoms with van der Waals surface area (Å²) in [6.07, 6.45) is 12.6. The first-order valence-electron chi connectivity index (χ1n) is 8.70. The summed E-state index contributed by atoms with van der Waals surface area (Å²) in [6, 6.07) is 6.48. The van der Waals surface area contributed by atoms with Gasteiger partial charge in [-0.25, -0.2) is 4.79 Å². The molecule has 3 nitrogen and oxygen atoms in total. The largest absolute Gasteiger partial charge is 2.00 e. The van der Waals surface area contributed by atoms with Crippen LogP contribution in [0.25, 0.3) is 0 Å². The first-order chi connectivity index (χ1) is 10.8. The van der Waals surface area contributed by atoms with Crippen molar-refractivity contribution in [1.82, 2.24) is 0 Å². The van der Waals surface area contributed by atoms with Gasteiger partial charge in [-0.3, -0.25) is 0 Å². The van der Waals surface area contributed by atoms with Crippen LogP contribution < -0.4 is 0 Å². The van der Waals surface area contributed by atoms with Gasteiger partial charge in [0.25, 0.3) is 0 Å². The zero-order chi connectivity index (χ0) is 16.0. The summed E-state index contributed by atoms with van der Waals surface area (Å²) in [4.78, 5) is 11.7. The molecule has 0 unspecified atom stereocenters. The van der Waals surface area contributed by atoms with Gasteiger partial charge in [-0.2, -0.15) is 0 Å². The molecule has 0 saturated carbocycles. The van der Waals surface area contributed by atoms with E-state index in [1.165, 1.54) is 57.4 Å². The minimum atomic E-state index is -0.436. The van der Waals surface area contributed by atoms with Crippen LogP contribution in [0.3, 0.4) is 0 Å². The van der Waals surface area contributed by atoms with Crippen LogP contribution in [0.15, 0.2) is 24.3 Å². The van der Waals surface area contributed by atoms with Crippen molar-refractivity contribution in [2.24, 2.45) is 0 Å². The number of hydrogen-bond donors (Lipinski definition) is 1. The number of ether oxygens (including phenoxy) is 1. The molecule has 128 valence electrons. The maximum absolute atomic E-state index is 11.7. The topological polar surface area (TPSA) is 46.5 Å². The van der Waals surface area contributed by atoms with Crippen LogP contribution in [0.4, 0.5) is 0 Å². The number of rotatable bonds is 12. The van der Waals surface area contributed by atoms with Crippen molar-refractivity contribution in [2.75, 3.05) is 6.61 Å². The van der Waals surface area contributed by atoms with Gasteiger partial charge < -0.3 is 12.7 Å². The van der Waals surface area contributed by atoms with E-state index in [1.807, 2.05) is 0 Å². The second-order valence-corrected chi connectivity index (χ2v) is 5.84. The molecule has 0 amide bonds. The molecule has 0 bridgehead atoms. The molecule has 23 heavy (non-hydrogen) atoms. The molecule has 1 aromatic rings. The van der Waals surface area contributed by atoms with E-state index < -0.39 is 5.97 Å². The normalized spacial score (nSPS) is 10.1. The number of carbonyl (C=O) groups excluding carboxylic acids is 1. The predicted octanol–water partition coefficient (Wildman–Crippen LogP) is 5.31. The van der Waals surface area contributed by atoms with Crippen molar-refractivity contribution in [2.45, 2.75) is 71.1 Å². The van der Waals surface area contributed by atoms with Crippen LogP contribution in [0, 0.1) is 0 Å². The van der Waals surface area contributed by atoms with Gasteiger partial charge in [0.15, 0.2) is 0 Å². The summed E-state index contributed by atoms with van der Waals surface area (Å²) in [5.74, 6) is -0.454. The van der Waals surface area contributed by atoms with E-state index in [9.17, 15) is 9.90 Å². The van der Waals surface area contributed by atoms with Gasteiger partial charge >= 0.3 is 43.7 Å². The molecule has 0 aromatic heterocycles. The van der Waals surface area contributed by atoms with Crippen molar-refractivity contribution in [3.05, 3.63) is 29.8 Å². The average Bonchev–Trinajstić information content (AvgIpc) is 2.53.